The second-order valence-electron chi connectivity index (χ2n) is 6.23. The first-order chi connectivity index (χ1) is 9.16. The lowest BCUT2D eigenvalue weighted by Gasteiger charge is -2.44. The molecule has 0 amide bonds. The van der Waals surface area contributed by atoms with Crippen molar-refractivity contribution in [2.45, 2.75) is 51.7 Å². The van der Waals surface area contributed by atoms with Gasteiger partial charge in [-0.05, 0) is 48.4 Å². The Morgan fingerprint density at radius 3 is 2.45 bits per heavy atom. The van der Waals surface area contributed by atoms with Crippen molar-refractivity contribution in [1.82, 2.24) is 0 Å². The molecular weight excluding hydrogens is 263 g/mol. The van der Waals surface area contributed by atoms with E-state index in [2.05, 4.69) is 13.8 Å². The topological polar surface area (TPSA) is 26.0 Å². The van der Waals surface area contributed by atoms with Crippen LogP contribution in [0.3, 0.4) is 0 Å². The van der Waals surface area contributed by atoms with Crippen LogP contribution in [0.4, 0.5) is 13.2 Å². The average Bonchev–Trinajstić information content (AvgIpc) is 2.34. The van der Waals surface area contributed by atoms with E-state index in [4.69, 9.17) is 5.73 Å². The van der Waals surface area contributed by atoms with Gasteiger partial charge in [-0.15, -0.1) is 0 Å². The summed E-state index contributed by atoms with van der Waals surface area (Å²) < 4.78 is 38.2. The number of halogens is 3. The highest BCUT2D eigenvalue weighted by molar-refractivity contribution is 5.38. The minimum Gasteiger partial charge on any atom is -0.321 e. The molecule has 1 aliphatic carbocycles. The highest BCUT2D eigenvalue weighted by Crippen LogP contribution is 2.44. The smallest absolute Gasteiger partial charge is 0.321 e. The number of nitrogens with two attached hydrogens (primary N) is 1. The largest absolute Gasteiger partial charge is 0.416 e. The van der Waals surface area contributed by atoms with Gasteiger partial charge in [0, 0.05) is 5.54 Å². The molecule has 2 rings (SSSR count). The number of rotatable bonds is 1. The summed E-state index contributed by atoms with van der Waals surface area (Å²) in [6.07, 6.45) is -1.29. The van der Waals surface area contributed by atoms with Gasteiger partial charge in [-0.2, -0.15) is 13.2 Å². The molecule has 1 aliphatic rings. The van der Waals surface area contributed by atoms with Crippen molar-refractivity contribution in [2.24, 2.45) is 17.6 Å². The summed E-state index contributed by atoms with van der Waals surface area (Å²) in [5, 5.41) is 0. The fourth-order valence-corrected chi connectivity index (χ4v) is 3.44. The Morgan fingerprint density at radius 1 is 1.25 bits per heavy atom. The monoisotopic (exact) mass is 285 g/mol. The minimum atomic E-state index is -4.30. The summed E-state index contributed by atoms with van der Waals surface area (Å²) >= 11 is 0. The molecule has 1 saturated carbocycles. The quantitative estimate of drug-likeness (QED) is 0.800. The molecule has 4 heteroatoms. The van der Waals surface area contributed by atoms with Crippen molar-refractivity contribution in [2.75, 3.05) is 0 Å². The summed E-state index contributed by atoms with van der Waals surface area (Å²) in [5.41, 5.74) is 6.99. The Bertz CT molecular complexity index is 495. The fourth-order valence-electron chi connectivity index (χ4n) is 3.44. The molecule has 0 spiro atoms. The van der Waals surface area contributed by atoms with E-state index >= 15 is 0 Å². The molecule has 0 aromatic heterocycles. The van der Waals surface area contributed by atoms with Gasteiger partial charge in [-0.1, -0.05) is 32.8 Å². The molecular formula is C16H22F3N. The molecule has 3 atom stereocenters. The van der Waals surface area contributed by atoms with Crippen molar-refractivity contribution in [3.8, 4) is 0 Å². The van der Waals surface area contributed by atoms with Crippen molar-refractivity contribution in [1.29, 1.82) is 0 Å². The Hall–Kier alpha value is -1.03. The van der Waals surface area contributed by atoms with Crippen molar-refractivity contribution in [3.05, 3.63) is 34.9 Å². The third-order valence-electron chi connectivity index (χ3n) is 4.97. The van der Waals surface area contributed by atoms with Crippen LogP contribution in [0.5, 0.6) is 0 Å². The van der Waals surface area contributed by atoms with Crippen LogP contribution < -0.4 is 5.73 Å². The number of aryl methyl sites for hydroxylation is 1. The number of benzene rings is 1. The highest BCUT2D eigenvalue weighted by atomic mass is 19.4. The predicted octanol–water partition coefficient (Wildman–Crippen LogP) is 4.62. The molecule has 0 bridgehead atoms. The van der Waals surface area contributed by atoms with E-state index in [-0.39, 0.29) is 5.92 Å². The molecule has 3 unspecified atom stereocenters. The molecule has 1 fully saturated rings. The Labute approximate surface area is 118 Å². The normalized spacial score (nSPS) is 31.4. The SMILES string of the molecule is Cc1cc(C(F)(F)F)ccc1C1(N)CCCC(C)C1C. The average molecular weight is 285 g/mol. The van der Waals surface area contributed by atoms with Gasteiger partial charge in [0.05, 0.1) is 5.56 Å². The first-order valence-corrected chi connectivity index (χ1v) is 7.13. The van der Waals surface area contributed by atoms with E-state index in [1.165, 1.54) is 6.07 Å². The zero-order valence-corrected chi connectivity index (χ0v) is 12.2. The maximum Gasteiger partial charge on any atom is 0.416 e. The van der Waals surface area contributed by atoms with Crippen LogP contribution in [0.15, 0.2) is 18.2 Å². The Kier molecular flexibility index (Phi) is 3.89. The van der Waals surface area contributed by atoms with Gasteiger partial charge in [0.2, 0.25) is 0 Å². The van der Waals surface area contributed by atoms with Gasteiger partial charge in [0.25, 0.3) is 0 Å². The predicted molar refractivity (Wildman–Crippen MR) is 74.2 cm³/mol. The van der Waals surface area contributed by atoms with Crippen LogP contribution in [0.25, 0.3) is 0 Å². The zero-order chi connectivity index (χ0) is 15.1. The molecule has 2 N–H and O–H groups in total. The van der Waals surface area contributed by atoms with Gasteiger partial charge in [-0.25, -0.2) is 0 Å². The molecule has 112 valence electrons. The van der Waals surface area contributed by atoms with E-state index in [0.717, 1.165) is 30.9 Å². The lowest BCUT2D eigenvalue weighted by Crippen LogP contribution is -2.48. The number of hydrogen-bond acceptors (Lipinski definition) is 1. The van der Waals surface area contributed by atoms with Crippen LogP contribution in [0.2, 0.25) is 0 Å². The molecule has 0 aliphatic heterocycles. The molecule has 0 heterocycles. The maximum atomic E-state index is 12.7. The first-order valence-electron chi connectivity index (χ1n) is 7.13. The molecule has 1 nitrogen and oxygen atoms in total. The molecule has 20 heavy (non-hydrogen) atoms. The van der Waals surface area contributed by atoms with E-state index in [1.54, 1.807) is 13.0 Å². The van der Waals surface area contributed by atoms with Crippen LogP contribution in [-0.4, -0.2) is 0 Å². The third-order valence-corrected chi connectivity index (χ3v) is 4.97. The van der Waals surface area contributed by atoms with Gasteiger partial charge >= 0.3 is 6.18 Å². The standard InChI is InChI=1S/C16H22F3N/c1-10-5-4-8-15(20,12(10)3)14-7-6-13(9-11(14)2)16(17,18)19/h6-7,9-10,12H,4-5,8,20H2,1-3H3. The maximum absolute atomic E-state index is 12.7. The molecule has 1 aromatic rings. The summed E-state index contributed by atoms with van der Waals surface area (Å²) in [7, 11) is 0. The summed E-state index contributed by atoms with van der Waals surface area (Å²) in [6, 6.07) is 3.95. The fraction of sp³-hybridized carbons (Fsp3) is 0.625. The van der Waals surface area contributed by atoms with Crippen LogP contribution in [-0.2, 0) is 11.7 Å². The van der Waals surface area contributed by atoms with Gasteiger partial charge in [0.1, 0.15) is 0 Å². The van der Waals surface area contributed by atoms with Gasteiger partial charge in [-0.3, -0.25) is 0 Å². The van der Waals surface area contributed by atoms with Crippen LogP contribution >= 0.6 is 0 Å². The van der Waals surface area contributed by atoms with Crippen LogP contribution in [0.1, 0.15) is 49.8 Å². The highest BCUT2D eigenvalue weighted by Gasteiger charge is 2.41. The lowest BCUT2D eigenvalue weighted by atomic mass is 9.65. The summed E-state index contributed by atoms with van der Waals surface area (Å²) in [4.78, 5) is 0. The molecule has 0 radical (unpaired) electrons. The van der Waals surface area contributed by atoms with E-state index in [9.17, 15) is 13.2 Å². The van der Waals surface area contributed by atoms with E-state index in [1.807, 2.05) is 0 Å². The first kappa shape index (κ1) is 15.4. The van der Waals surface area contributed by atoms with E-state index < -0.39 is 17.3 Å². The van der Waals surface area contributed by atoms with Crippen molar-refractivity contribution >= 4 is 0 Å². The second kappa shape index (κ2) is 5.06. The minimum absolute atomic E-state index is 0.270. The summed E-state index contributed by atoms with van der Waals surface area (Å²) in [6.45, 7) is 6.01. The summed E-state index contributed by atoms with van der Waals surface area (Å²) in [5.74, 6) is 0.766. The van der Waals surface area contributed by atoms with E-state index in [0.29, 0.717) is 11.5 Å². The molecule has 1 aromatic carbocycles. The number of alkyl halides is 3. The second-order valence-corrected chi connectivity index (χ2v) is 6.23. The Morgan fingerprint density at radius 2 is 1.90 bits per heavy atom. The lowest BCUT2D eigenvalue weighted by molar-refractivity contribution is -0.137. The van der Waals surface area contributed by atoms with Gasteiger partial charge in [0.15, 0.2) is 0 Å². The molecule has 0 saturated heterocycles. The Balaban J connectivity index is 2.42. The third kappa shape index (κ3) is 2.58. The van der Waals surface area contributed by atoms with Crippen LogP contribution in [0, 0.1) is 18.8 Å². The number of hydrogen-bond donors (Lipinski definition) is 1. The zero-order valence-electron chi connectivity index (χ0n) is 12.2. The van der Waals surface area contributed by atoms with Crippen molar-refractivity contribution in [3.63, 3.8) is 0 Å². The van der Waals surface area contributed by atoms with Crippen molar-refractivity contribution < 1.29 is 13.2 Å². The van der Waals surface area contributed by atoms with Gasteiger partial charge < -0.3 is 5.73 Å².